The summed E-state index contributed by atoms with van der Waals surface area (Å²) in [5.74, 6) is -0.366. The zero-order chi connectivity index (χ0) is 11.5. The number of methoxy groups -OCH3 is 1. The number of hydrogen-bond acceptors (Lipinski definition) is 3. The van der Waals surface area contributed by atoms with E-state index in [1.165, 1.54) is 32.8 Å². The van der Waals surface area contributed by atoms with Crippen molar-refractivity contribution in [1.29, 1.82) is 0 Å². The Bertz CT molecular complexity index is 165. The predicted octanol–water partition coefficient (Wildman–Crippen LogP) is 2.33. The maximum atomic E-state index is 10.9. The van der Waals surface area contributed by atoms with Crippen LogP contribution in [0.25, 0.3) is 0 Å². The van der Waals surface area contributed by atoms with Crippen LogP contribution in [0.3, 0.4) is 0 Å². The van der Waals surface area contributed by atoms with Crippen LogP contribution in [0.4, 0.5) is 0 Å². The van der Waals surface area contributed by atoms with Gasteiger partial charge in [0.15, 0.2) is 0 Å². The summed E-state index contributed by atoms with van der Waals surface area (Å²) in [7, 11) is 1.35. The molecule has 0 saturated heterocycles. The van der Waals surface area contributed by atoms with Crippen LogP contribution in [0.2, 0.25) is 0 Å². The molecule has 1 unspecified atom stereocenters. The lowest BCUT2D eigenvalue weighted by Crippen LogP contribution is -2.30. The van der Waals surface area contributed by atoms with Crippen molar-refractivity contribution in [3.8, 4) is 0 Å². The van der Waals surface area contributed by atoms with Gasteiger partial charge in [0.25, 0.3) is 0 Å². The van der Waals surface area contributed by atoms with E-state index in [9.17, 15) is 4.79 Å². The number of carbonyl (C=O) groups excluding carboxylic acids is 1. The van der Waals surface area contributed by atoms with Gasteiger partial charge in [-0.05, 0) is 13.0 Å². The van der Waals surface area contributed by atoms with Gasteiger partial charge in [0.2, 0.25) is 0 Å². The van der Waals surface area contributed by atoms with E-state index in [4.69, 9.17) is 11.6 Å². The minimum Gasteiger partial charge on any atom is -0.468 e. The van der Waals surface area contributed by atoms with Gasteiger partial charge < -0.3 is 10.1 Å². The highest BCUT2D eigenvalue weighted by Crippen LogP contribution is 2.01. The van der Waals surface area contributed by atoms with Gasteiger partial charge in [-0.25, -0.2) is 0 Å². The van der Waals surface area contributed by atoms with Gasteiger partial charge in [0, 0.05) is 6.54 Å². The second kappa shape index (κ2) is 10.2. The van der Waals surface area contributed by atoms with Crippen molar-refractivity contribution in [2.75, 3.05) is 20.2 Å². The molecular formula is C11H22ClNO2. The summed E-state index contributed by atoms with van der Waals surface area (Å²) in [4.78, 5) is 10.9. The van der Waals surface area contributed by atoms with Crippen LogP contribution in [-0.4, -0.2) is 31.5 Å². The van der Waals surface area contributed by atoms with Crippen LogP contribution in [0, 0.1) is 0 Å². The Balaban J connectivity index is 3.20. The first-order valence-corrected chi connectivity index (χ1v) is 6.08. The zero-order valence-electron chi connectivity index (χ0n) is 9.72. The number of nitrogens with one attached hydrogen (secondary N) is 1. The Kier molecular flexibility index (Phi) is 10.1. The quantitative estimate of drug-likeness (QED) is 0.379. The van der Waals surface area contributed by atoms with Crippen molar-refractivity contribution >= 4 is 17.6 Å². The van der Waals surface area contributed by atoms with Crippen LogP contribution >= 0.6 is 11.6 Å². The molecule has 0 spiro atoms. The normalized spacial score (nSPS) is 12.5. The number of esters is 1. The summed E-state index contributed by atoms with van der Waals surface area (Å²) in [6.45, 7) is 3.61. The molecule has 90 valence electrons. The SMILES string of the molecule is CCCCCCCNCC(Cl)C(=O)OC. The maximum Gasteiger partial charge on any atom is 0.325 e. The summed E-state index contributed by atoms with van der Waals surface area (Å²) in [5.41, 5.74) is 0. The van der Waals surface area contributed by atoms with Gasteiger partial charge in [-0.1, -0.05) is 32.6 Å². The van der Waals surface area contributed by atoms with Gasteiger partial charge in [-0.15, -0.1) is 11.6 Å². The lowest BCUT2D eigenvalue weighted by molar-refractivity contribution is -0.140. The highest BCUT2D eigenvalue weighted by Gasteiger charge is 2.14. The molecule has 0 aliphatic carbocycles. The predicted molar refractivity (Wildman–Crippen MR) is 63.3 cm³/mol. The maximum absolute atomic E-state index is 10.9. The van der Waals surface area contributed by atoms with Gasteiger partial charge in [0.1, 0.15) is 5.38 Å². The van der Waals surface area contributed by atoms with E-state index >= 15 is 0 Å². The molecule has 0 saturated carbocycles. The first-order chi connectivity index (χ1) is 7.22. The van der Waals surface area contributed by atoms with Crippen LogP contribution < -0.4 is 5.32 Å². The van der Waals surface area contributed by atoms with E-state index in [0.29, 0.717) is 6.54 Å². The van der Waals surface area contributed by atoms with Gasteiger partial charge in [-0.3, -0.25) is 4.79 Å². The highest BCUT2D eigenvalue weighted by atomic mass is 35.5. The Morgan fingerprint density at radius 1 is 1.33 bits per heavy atom. The van der Waals surface area contributed by atoms with Gasteiger partial charge in [0.05, 0.1) is 7.11 Å². The molecule has 0 fully saturated rings. The topological polar surface area (TPSA) is 38.3 Å². The molecule has 4 heteroatoms. The molecule has 0 aliphatic rings. The number of alkyl halides is 1. The van der Waals surface area contributed by atoms with Crippen molar-refractivity contribution in [1.82, 2.24) is 5.32 Å². The summed E-state index contributed by atoms with van der Waals surface area (Å²) < 4.78 is 4.51. The molecule has 0 amide bonds. The minimum absolute atomic E-state index is 0.366. The Morgan fingerprint density at radius 2 is 2.00 bits per heavy atom. The van der Waals surface area contributed by atoms with Crippen LogP contribution in [0.5, 0.6) is 0 Å². The number of rotatable bonds is 9. The van der Waals surface area contributed by atoms with Crippen molar-refractivity contribution < 1.29 is 9.53 Å². The number of carbonyl (C=O) groups is 1. The molecule has 0 bridgehead atoms. The van der Waals surface area contributed by atoms with Crippen molar-refractivity contribution in [3.05, 3.63) is 0 Å². The fourth-order valence-corrected chi connectivity index (χ4v) is 1.49. The van der Waals surface area contributed by atoms with Gasteiger partial charge >= 0.3 is 5.97 Å². The minimum atomic E-state index is -0.564. The second-order valence-electron chi connectivity index (χ2n) is 3.61. The van der Waals surface area contributed by atoms with E-state index in [-0.39, 0.29) is 5.97 Å². The first-order valence-electron chi connectivity index (χ1n) is 5.65. The second-order valence-corrected chi connectivity index (χ2v) is 4.14. The third kappa shape index (κ3) is 8.70. The molecule has 1 N–H and O–H groups in total. The molecule has 0 aromatic carbocycles. The molecule has 0 aromatic heterocycles. The molecular weight excluding hydrogens is 214 g/mol. The van der Waals surface area contributed by atoms with Crippen molar-refractivity contribution in [2.45, 2.75) is 44.4 Å². The zero-order valence-corrected chi connectivity index (χ0v) is 10.5. The lowest BCUT2D eigenvalue weighted by Gasteiger charge is -2.08. The molecule has 1 atom stereocenters. The van der Waals surface area contributed by atoms with Crippen molar-refractivity contribution in [3.63, 3.8) is 0 Å². The first kappa shape index (κ1) is 14.7. The smallest absolute Gasteiger partial charge is 0.325 e. The molecule has 3 nitrogen and oxygen atoms in total. The fraction of sp³-hybridized carbons (Fsp3) is 0.909. The van der Waals surface area contributed by atoms with E-state index in [0.717, 1.165) is 13.0 Å². The summed E-state index contributed by atoms with van der Waals surface area (Å²) >= 11 is 5.76. The Hall–Kier alpha value is -0.280. The molecule has 0 aliphatic heterocycles. The summed E-state index contributed by atoms with van der Waals surface area (Å²) in [5, 5.41) is 2.58. The molecule has 0 aromatic rings. The lowest BCUT2D eigenvalue weighted by atomic mass is 10.1. The molecule has 0 rings (SSSR count). The molecule has 0 radical (unpaired) electrons. The number of unbranched alkanes of at least 4 members (excludes halogenated alkanes) is 4. The van der Waals surface area contributed by atoms with E-state index in [1.54, 1.807) is 0 Å². The molecule has 15 heavy (non-hydrogen) atoms. The third-order valence-corrected chi connectivity index (χ3v) is 2.57. The van der Waals surface area contributed by atoms with Crippen LogP contribution in [0.1, 0.15) is 39.0 Å². The van der Waals surface area contributed by atoms with E-state index in [2.05, 4.69) is 17.0 Å². The van der Waals surface area contributed by atoms with Crippen molar-refractivity contribution in [2.24, 2.45) is 0 Å². The molecule has 0 heterocycles. The Morgan fingerprint density at radius 3 is 2.60 bits per heavy atom. The average molecular weight is 236 g/mol. The highest BCUT2D eigenvalue weighted by molar-refractivity contribution is 6.30. The Labute approximate surface area is 97.5 Å². The average Bonchev–Trinajstić information content (AvgIpc) is 2.26. The monoisotopic (exact) mass is 235 g/mol. The van der Waals surface area contributed by atoms with Crippen LogP contribution in [-0.2, 0) is 9.53 Å². The number of ether oxygens (including phenoxy) is 1. The summed E-state index contributed by atoms with van der Waals surface area (Å²) in [6, 6.07) is 0. The van der Waals surface area contributed by atoms with E-state index in [1.807, 2.05) is 0 Å². The number of halogens is 1. The third-order valence-electron chi connectivity index (χ3n) is 2.24. The fourth-order valence-electron chi connectivity index (χ4n) is 1.29. The summed E-state index contributed by atoms with van der Waals surface area (Å²) in [6.07, 6.45) is 6.25. The van der Waals surface area contributed by atoms with Crippen LogP contribution in [0.15, 0.2) is 0 Å². The number of hydrogen-bond donors (Lipinski definition) is 1. The van der Waals surface area contributed by atoms with Gasteiger partial charge in [-0.2, -0.15) is 0 Å². The largest absolute Gasteiger partial charge is 0.468 e. The standard InChI is InChI=1S/C11H22ClNO2/c1-3-4-5-6-7-8-13-9-10(12)11(14)15-2/h10,13H,3-9H2,1-2H3. The van der Waals surface area contributed by atoms with E-state index < -0.39 is 5.38 Å².